The second kappa shape index (κ2) is 9.11. The van der Waals surface area contributed by atoms with Gasteiger partial charge in [-0.15, -0.1) is 15.1 Å². The van der Waals surface area contributed by atoms with E-state index in [9.17, 15) is 4.79 Å². The summed E-state index contributed by atoms with van der Waals surface area (Å²) in [6.45, 7) is 0. The van der Waals surface area contributed by atoms with Gasteiger partial charge in [-0.25, -0.2) is 9.65 Å². The summed E-state index contributed by atoms with van der Waals surface area (Å²) >= 11 is 1.50. The molecule has 0 saturated heterocycles. The van der Waals surface area contributed by atoms with Crippen LogP contribution in [0.2, 0.25) is 0 Å². The average molecular weight is 449 g/mol. The van der Waals surface area contributed by atoms with Crippen molar-refractivity contribution in [2.45, 2.75) is 0 Å². The fourth-order valence-electron chi connectivity index (χ4n) is 2.58. The molecule has 0 spiro atoms. The highest BCUT2D eigenvalue weighted by Gasteiger charge is 2.35. The van der Waals surface area contributed by atoms with Crippen LogP contribution in [0.15, 0.2) is 35.6 Å². The molecule has 0 unspecified atom stereocenters. The van der Waals surface area contributed by atoms with Crippen molar-refractivity contribution in [2.24, 2.45) is 5.11 Å². The summed E-state index contributed by atoms with van der Waals surface area (Å²) in [6, 6.07) is 1.46. The zero-order chi connectivity index (χ0) is 22.5. The van der Waals surface area contributed by atoms with Gasteiger partial charge < -0.3 is 14.8 Å². The second-order valence-electron chi connectivity index (χ2n) is 5.99. The minimum absolute atomic E-state index is 0.0124. The van der Waals surface area contributed by atoms with Crippen LogP contribution in [0.1, 0.15) is 16.1 Å². The van der Waals surface area contributed by atoms with Crippen molar-refractivity contribution in [1.29, 1.82) is 0 Å². The zero-order valence-corrected chi connectivity index (χ0v) is 17.9. The summed E-state index contributed by atoms with van der Waals surface area (Å²) in [5.74, 6) is 6.63. The molecule has 0 saturated carbocycles. The number of rotatable bonds is 4. The van der Waals surface area contributed by atoms with Crippen LogP contribution in [-0.4, -0.2) is 73.5 Å². The monoisotopic (exact) mass is 449 g/mol. The number of ether oxygens (including phenoxy) is 2. The van der Waals surface area contributed by atoms with E-state index in [2.05, 4.69) is 51.9 Å². The number of hydrogen-bond acceptors (Lipinski definition) is 10. The first-order valence-electron chi connectivity index (χ1n) is 8.96. The van der Waals surface area contributed by atoms with Crippen molar-refractivity contribution in [3.8, 4) is 23.6 Å². The molecule has 0 aliphatic carbocycles. The molecule has 0 atom stereocenters. The largest absolute Gasteiger partial charge is 0.479 e. The third kappa shape index (κ3) is 4.19. The number of nitrogens with one attached hydrogen (secondary N) is 1. The van der Waals surface area contributed by atoms with Gasteiger partial charge in [-0.3, -0.25) is 4.79 Å². The standard InChI is InChI=1S/C19H14N9O3S/c1-30-18-11(4-5-14-25-26-15-7-16(32-3)22-10-28(14)15)6-12(24-27-18)17(29)23-13-8-20-9-21-19(13)31-2/h6-10H,1-3H3/q+1/p+1. The molecule has 2 aliphatic heterocycles. The van der Waals surface area contributed by atoms with Gasteiger partial charge in [0.25, 0.3) is 16.8 Å². The molecule has 0 bridgehead atoms. The molecular weight excluding hydrogens is 434 g/mol. The Kier molecular flexibility index (Phi) is 5.91. The topological polar surface area (TPSA) is 143 Å². The molecule has 158 valence electrons. The highest BCUT2D eigenvalue weighted by atomic mass is 32.2. The first-order valence-corrected chi connectivity index (χ1v) is 10.2. The van der Waals surface area contributed by atoms with E-state index in [0.29, 0.717) is 17.2 Å². The summed E-state index contributed by atoms with van der Waals surface area (Å²) in [5, 5.41) is 15.4. The number of amides is 1. The van der Waals surface area contributed by atoms with Crippen molar-refractivity contribution < 1.29 is 19.1 Å². The molecule has 0 aromatic carbocycles. The third-order valence-electron chi connectivity index (χ3n) is 4.10. The number of hydrogen-bond donors (Lipinski definition) is 1. The van der Waals surface area contributed by atoms with E-state index >= 15 is 0 Å². The normalized spacial score (nSPS) is 13.3. The average Bonchev–Trinajstić information content (AvgIpc) is 3.24. The molecule has 4 heterocycles. The number of carbonyl (C=O) groups excluding carboxylic acids is 1. The minimum Gasteiger partial charge on any atom is -0.479 e. The SMILES string of the molecule is COc1nnc(C(=O)Nc2cncnc2OC)cc1C#CC1=[N+]=NC2=CC(SC)=[N+]=CN21. The fourth-order valence-corrected chi connectivity index (χ4v) is 2.96. The predicted octanol–water partition coefficient (Wildman–Crippen LogP) is -0.0259. The van der Waals surface area contributed by atoms with E-state index in [0.717, 1.165) is 5.04 Å². The predicted molar refractivity (Wildman–Crippen MR) is 116 cm³/mol. The number of thioether (sulfide) groups is 1. The number of anilines is 1. The van der Waals surface area contributed by atoms with Gasteiger partial charge in [-0.05, 0) is 18.2 Å². The third-order valence-corrected chi connectivity index (χ3v) is 4.74. The van der Waals surface area contributed by atoms with E-state index in [4.69, 9.17) is 9.47 Å². The van der Waals surface area contributed by atoms with Crippen molar-refractivity contribution in [3.05, 3.63) is 41.7 Å². The lowest BCUT2D eigenvalue weighted by Gasteiger charge is -2.08. The van der Waals surface area contributed by atoms with E-state index < -0.39 is 5.91 Å². The molecule has 13 heteroatoms. The number of nitrogens with zero attached hydrogens (tertiary/aromatic N) is 8. The second-order valence-corrected chi connectivity index (χ2v) is 6.81. The van der Waals surface area contributed by atoms with Crippen LogP contribution in [0, 0.1) is 11.8 Å². The van der Waals surface area contributed by atoms with E-state index in [-0.39, 0.29) is 23.1 Å². The van der Waals surface area contributed by atoms with Crippen LogP contribution in [0.4, 0.5) is 5.69 Å². The number of fused-ring (bicyclic) bond motifs is 1. The molecule has 2 aromatic rings. The molecule has 0 fully saturated rings. The molecule has 2 aromatic heterocycles. The number of methoxy groups -OCH3 is 2. The lowest BCUT2D eigenvalue weighted by Crippen LogP contribution is -2.28. The molecule has 1 amide bonds. The quantitative estimate of drug-likeness (QED) is 0.503. The van der Waals surface area contributed by atoms with Gasteiger partial charge in [0, 0.05) is 5.92 Å². The summed E-state index contributed by atoms with van der Waals surface area (Å²) in [4.78, 5) is 26.2. The van der Waals surface area contributed by atoms with Gasteiger partial charge in [0.1, 0.15) is 12.0 Å². The molecule has 0 radical (unpaired) electrons. The molecule has 1 N–H and O–H groups in total. The summed E-state index contributed by atoms with van der Waals surface area (Å²) in [6.07, 6.45) is 8.05. The van der Waals surface area contributed by atoms with Crippen molar-refractivity contribution in [3.63, 3.8) is 0 Å². The first kappa shape index (κ1) is 20.8. The Balaban J connectivity index is 1.59. The Morgan fingerprint density at radius 3 is 2.84 bits per heavy atom. The molecule has 2 aliphatic rings. The van der Waals surface area contributed by atoms with Gasteiger partial charge in [-0.1, -0.05) is 16.6 Å². The van der Waals surface area contributed by atoms with Crippen LogP contribution in [-0.2, 0) is 0 Å². The van der Waals surface area contributed by atoms with Crippen molar-refractivity contribution in [2.75, 3.05) is 25.8 Å². The molecule has 32 heavy (non-hydrogen) atoms. The van der Waals surface area contributed by atoms with Gasteiger partial charge >= 0.3 is 12.2 Å². The maximum Gasteiger partial charge on any atom is 0.469 e. The van der Waals surface area contributed by atoms with Crippen LogP contribution >= 0.6 is 11.8 Å². The molecular formula is C19H15N9O3S+2. The van der Waals surface area contributed by atoms with Crippen LogP contribution in [0.3, 0.4) is 0 Å². The number of amidine groups is 1. The molecule has 12 nitrogen and oxygen atoms in total. The maximum atomic E-state index is 12.7. The Hall–Kier alpha value is -4.49. The highest BCUT2D eigenvalue weighted by molar-refractivity contribution is 8.13. The van der Waals surface area contributed by atoms with Crippen LogP contribution < -0.4 is 19.5 Å². The number of carbonyl (C=O) groups is 1. The summed E-state index contributed by atoms with van der Waals surface area (Å²) in [5.41, 5.74) is 0.644. The van der Waals surface area contributed by atoms with E-state index in [1.807, 2.05) is 6.26 Å². The Morgan fingerprint density at radius 2 is 2.06 bits per heavy atom. The number of aromatic nitrogens is 4. The highest BCUT2D eigenvalue weighted by Crippen LogP contribution is 2.20. The molecule has 4 rings (SSSR count). The van der Waals surface area contributed by atoms with Crippen LogP contribution in [0.5, 0.6) is 11.8 Å². The van der Waals surface area contributed by atoms with Crippen molar-refractivity contribution in [1.82, 2.24) is 29.7 Å². The Morgan fingerprint density at radius 1 is 1.22 bits per heavy atom. The van der Waals surface area contributed by atoms with Gasteiger partial charge in [0.15, 0.2) is 5.69 Å². The lowest BCUT2D eigenvalue weighted by molar-refractivity contribution is -0.0718. The van der Waals surface area contributed by atoms with Crippen LogP contribution in [0.25, 0.3) is 0 Å². The Bertz CT molecular complexity index is 1330. The fraction of sp³-hybridized carbons (Fsp3) is 0.158. The van der Waals surface area contributed by atoms with Gasteiger partial charge in [0.05, 0.1) is 37.2 Å². The first-order chi connectivity index (χ1) is 15.6. The Labute approximate surface area is 186 Å². The van der Waals surface area contributed by atoms with E-state index in [1.54, 1.807) is 17.3 Å². The summed E-state index contributed by atoms with van der Waals surface area (Å²) in [7, 11) is 2.87. The lowest BCUT2D eigenvalue weighted by atomic mass is 10.2. The summed E-state index contributed by atoms with van der Waals surface area (Å²) < 4.78 is 14.6. The van der Waals surface area contributed by atoms with Gasteiger partial charge in [-0.2, -0.15) is 4.98 Å². The van der Waals surface area contributed by atoms with Crippen molar-refractivity contribution >= 4 is 40.6 Å². The smallest absolute Gasteiger partial charge is 0.469 e. The zero-order valence-electron chi connectivity index (χ0n) is 17.1. The van der Waals surface area contributed by atoms with E-state index in [1.165, 1.54) is 44.6 Å². The maximum absolute atomic E-state index is 12.7. The van der Waals surface area contributed by atoms with Gasteiger partial charge in [0.2, 0.25) is 11.8 Å². The minimum atomic E-state index is -0.543.